The van der Waals surface area contributed by atoms with E-state index in [9.17, 15) is 13.2 Å². The SMILES string of the molecule is FC(F)(F)c1ccc(CS)cc1.Sc1cccc(CSCc2ccccc2)c1. The number of thioether (sulfide) groups is 1. The van der Waals surface area contributed by atoms with Gasteiger partial charge in [0.1, 0.15) is 0 Å². The Hall–Kier alpha value is -1.50. The second-order valence-corrected chi connectivity index (χ2v) is 7.82. The molecule has 0 amide bonds. The highest BCUT2D eigenvalue weighted by atomic mass is 32.2. The molecule has 0 atom stereocenters. The van der Waals surface area contributed by atoms with Crippen molar-refractivity contribution < 1.29 is 13.2 Å². The van der Waals surface area contributed by atoms with Crippen molar-refractivity contribution in [3.63, 3.8) is 0 Å². The third kappa shape index (κ3) is 8.25. The van der Waals surface area contributed by atoms with Gasteiger partial charge in [-0.3, -0.25) is 0 Å². The zero-order valence-corrected chi connectivity index (χ0v) is 17.7. The Morgan fingerprint density at radius 2 is 1.32 bits per heavy atom. The van der Waals surface area contributed by atoms with Crippen molar-refractivity contribution in [2.24, 2.45) is 0 Å². The summed E-state index contributed by atoms with van der Waals surface area (Å²) >= 11 is 10.2. The number of thiol groups is 2. The van der Waals surface area contributed by atoms with Crippen LogP contribution >= 0.6 is 37.0 Å². The number of hydrogen-bond acceptors (Lipinski definition) is 3. The maximum atomic E-state index is 12.0. The largest absolute Gasteiger partial charge is 0.416 e. The molecule has 0 saturated heterocycles. The Kier molecular flexibility index (Phi) is 9.35. The molecule has 0 bridgehead atoms. The molecule has 6 heteroatoms. The Morgan fingerprint density at radius 3 is 1.89 bits per heavy atom. The van der Waals surface area contributed by atoms with Gasteiger partial charge in [-0.1, -0.05) is 54.6 Å². The highest BCUT2D eigenvalue weighted by Crippen LogP contribution is 2.29. The van der Waals surface area contributed by atoms with Crippen molar-refractivity contribution in [2.75, 3.05) is 0 Å². The Labute approximate surface area is 179 Å². The van der Waals surface area contributed by atoms with Crippen LogP contribution in [0.1, 0.15) is 22.3 Å². The lowest BCUT2D eigenvalue weighted by Crippen LogP contribution is -2.04. The number of halogens is 3. The van der Waals surface area contributed by atoms with Gasteiger partial charge in [-0.15, -0.1) is 12.6 Å². The second kappa shape index (κ2) is 11.5. The molecule has 0 unspecified atom stereocenters. The Bertz CT molecular complexity index is 832. The number of alkyl halides is 3. The predicted molar refractivity (Wildman–Crippen MR) is 119 cm³/mol. The van der Waals surface area contributed by atoms with Gasteiger partial charge in [0, 0.05) is 22.2 Å². The van der Waals surface area contributed by atoms with E-state index in [2.05, 4.69) is 73.8 Å². The number of rotatable bonds is 5. The van der Waals surface area contributed by atoms with Crippen molar-refractivity contribution in [3.8, 4) is 0 Å². The van der Waals surface area contributed by atoms with Crippen LogP contribution in [0.25, 0.3) is 0 Å². The first kappa shape index (κ1) is 22.8. The lowest BCUT2D eigenvalue weighted by Gasteiger charge is -2.06. The van der Waals surface area contributed by atoms with Crippen LogP contribution in [0.4, 0.5) is 13.2 Å². The molecular weight excluding hydrogens is 417 g/mol. The van der Waals surface area contributed by atoms with E-state index < -0.39 is 11.7 Å². The van der Waals surface area contributed by atoms with Crippen molar-refractivity contribution in [1.29, 1.82) is 0 Å². The summed E-state index contributed by atoms with van der Waals surface area (Å²) in [5.41, 5.74) is 2.89. The van der Waals surface area contributed by atoms with E-state index in [0.29, 0.717) is 5.75 Å². The molecule has 28 heavy (non-hydrogen) atoms. The summed E-state index contributed by atoms with van der Waals surface area (Å²) in [6, 6.07) is 23.9. The Balaban J connectivity index is 0.000000209. The number of hydrogen-bond donors (Lipinski definition) is 2. The zero-order chi connectivity index (χ0) is 20.4. The first-order valence-electron chi connectivity index (χ1n) is 8.55. The van der Waals surface area contributed by atoms with Crippen molar-refractivity contribution >= 4 is 37.0 Å². The van der Waals surface area contributed by atoms with Gasteiger partial charge in [0.05, 0.1) is 5.56 Å². The fourth-order valence-corrected chi connectivity index (χ4v) is 3.71. The quantitative estimate of drug-likeness (QED) is 0.388. The summed E-state index contributed by atoms with van der Waals surface area (Å²) < 4.78 is 36.0. The van der Waals surface area contributed by atoms with Gasteiger partial charge < -0.3 is 0 Å². The third-order valence-corrected chi connectivity index (χ3v) is 5.47. The van der Waals surface area contributed by atoms with E-state index in [1.54, 1.807) is 0 Å². The summed E-state index contributed by atoms with van der Waals surface area (Å²) in [5.74, 6) is 2.57. The average Bonchev–Trinajstić information content (AvgIpc) is 2.69. The molecule has 0 aliphatic rings. The molecule has 0 spiro atoms. The van der Waals surface area contributed by atoms with Crippen molar-refractivity contribution in [2.45, 2.75) is 28.3 Å². The molecule has 0 saturated carbocycles. The maximum Gasteiger partial charge on any atom is 0.416 e. The summed E-state index contributed by atoms with van der Waals surface area (Å²) in [5, 5.41) is 0. The summed E-state index contributed by atoms with van der Waals surface area (Å²) in [4.78, 5) is 1.04. The van der Waals surface area contributed by atoms with Crippen LogP contribution in [0.15, 0.2) is 83.8 Å². The summed E-state index contributed by atoms with van der Waals surface area (Å²) in [6.45, 7) is 0. The molecule has 0 heterocycles. The molecule has 0 fully saturated rings. The van der Waals surface area contributed by atoms with E-state index in [1.165, 1.54) is 23.3 Å². The maximum absolute atomic E-state index is 12.0. The minimum atomic E-state index is -4.24. The standard InChI is InChI=1S/C14H14S2.C8H7F3S/c15-14-8-4-7-13(9-14)11-16-10-12-5-2-1-3-6-12;9-8(10,11)7-3-1-6(5-12)2-4-7/h1-9,15H,10-11H2;1-4,12H,5H2. The van der Waals surface area contributed by atoms with E-state index in [-0.39, 0.29) is 0 Å². The van der Waals surface area contributed by atoms with E-state index in [4.69, 9.17) is 0 Å². The van der Waals surface area contributed by atoms with Gasteiger partial charge in [-0.25, -0.2) is 0 Å². The zero-order valence-electron chi connectivity index (χ0n) is 15.1. The van der Waals surface area contributed by atoms with E-state index in [0.717, 1.165) is 34.1 Å². The van der Waals surface area contributed by atoms with Crippen molar-refractivity contribution in [3.05, 3.63) is 101 Å². The van der Waals surface area contributed by atoms with Crippen LogP contribution in [-0.4, -0.2) is 0 Å². The molecule has 0 aromatic heterocycles. The fourth-order valence-electron chi connectivity index (χ4n) is 2.31. The smallest absolute Gasteiger partial charge is 0.175 e. The molecule has 0 nitrogen and oxygen atoms in total. The molecule has 0 N–H and O–H groups in total. The predicted octanol–water partition coefficient (Wildman–Crippen LogP) is 7.54. The molecule has 0 aliphatic heterocycles. The molecule has 148 valence electrons. The first-order valence-corrected chi connectivity index (χ1v) is 10.8. The molecule has 0 aliphatic carbocycles. The monoisotopic (exact) mass is 438 g/mol. The van der Waals surface area contributed by atoms with Crippen LogP contribution in [0.3, 0.4) is 0 Å². The van der Waals surface area contributed by atoms with Gasteiger partial charge in [-0.2, -0.15) is 37.6 Å². The van der Waals surface area contributed by atoms with Gasteiger partial charge in [0.2, 0.25) is 0 Å². The lowest BCUT2D eigenvalue weighted by atomic mass is 10.1. The average molecular weight is 439 g/mol. The van der Waals surface area contributed by atoms with Crippen LogP contribution in [0, 0.1) is 0 Å². The normalized spacial score (nSPS) is 10.9. The third-order valence-electron chi connectivity index (χ3n) is 3.75. The molecule has 3 aromatic rings. The van der Waals surface area contributed by atoms with E-state index >= 15 is 0 Å². The topological polar surface area (TPSA) is 0 Å². The molecule has 3 aromatic carbocycles. The second-order valence-electron chi connectivity index (χ2n) is 6.00. The van der Waals surface area contributed by atoms with Crippen molar-refractivity contribution in [1.82, 2.24) is 0 Å². The van der Waals surface area contributed by atoms with Gasteiger partial charge in [0.25, 0.3) is 0 Å². The summed E-state index contributed by atoms with van der Waals surface area (Å²) in [6.07, 6.45) is -4.24. The minimum absolute atomic E-state index is 0.456. The Morgan fingerprint density at radius 1 is 0.714 bits per heavy atom. The van der Waals surface area contributed by atoms with Crippen LogP contribution < -0.4 is 0 Å². The molecule has 0 radical (unpaired) electrons. The van der Waals surface area contributed by atoms with Crippen LogP contribution in [0.2, 0.25) is 0 Å². The highest BCUT2D eigenvalue weighted by Gasteiger charge is 2.29. The summed E-state index contributed by atoms with van der Waals surface area (Å²) in [7, 11) is 0. The van der Waals surface area contributed by atoms with Gasteiger partial charge in [0.15, 0.2) is 0 Å². The first-order chi connectivity index (χ1) is 13.4. The van der Waals surface area contributed by atoms with Crippen LogP contribution in [0.5, 0.6) is 0 Å². The highest BCUT2D eigenvalue weighted by molar-refractivity contribution is 7.97. The molecular formula is C22H21F3S3. The minimum Gasteiger partial charge on any atom is -0.175 e. The van der Waals surface area contributed by atoms with Crippen LogP contribution in [-0.2, 0) is 23.4 Å². The number of benzene rings is 3. The van der Waals surface area contributed by atoms with Gasteiger partial charge >= 0.3 is 6.18 Å². The lowest BCUT2D eigenvalue weighted by molar-refractivity contribution is -0.137. The fraction of sp³-hybridized carbons (Fsp3) is 0.182. The molecule has 3 rings (SSSR count). The van der Waals surface area contributed by atoms with Gasteiger partial charge in [-0.05, 0) is 41.0 Å². The van der Waals surface area contributed by atoms with E-state index in [1.807, 2.05) is 17.8 Å².